The summed E-state index contributed by atoms with van der Waals surface area (Å²) in [5.74, 6) is -0.0159. The molecule has 0 radical (unpaired) electrons. The Kier molecular flexibility index (Phi) is 5.81. The fourth-order valence-electron chi connectivity index (χ4n) is 2.17. The van der Waals surface area contributed by atoms with Gasteiger partial charge in [0.25, 0.3) is 5.91 Å². The molecule has 0 spiro atoms. The third-order valence-corrected chi connectivity index (χ3v) is 5.38. The van der Waals surface area contributed by atoms with E-state index in [-0.39, 0.29) is 11.9 Å². The SMILES string of the molecule is CCC(NC(=O)c1cccc(C)c1I)c1ccc(Br)cc1. The summed E-state index contributed by atoms with van der Waals surface area (Å²) in [7, 11) is 0. The van der Waals surface area contributed by atoms with Gasteiger partial charge in [0.15, 0.2) is 0 Å². The van der Waals surface area contributed by atoms with E-state index in [0.29, 0.717) is 0 Å². The quantitative estimate of drug-likeness (QED) is 0.624. The maximum atomic E-state index is 12.5. The van der Waals surface area contributed by atoms with E-state index < -0.39 is 0 Å². The first-order valence-corrected chi connectivity index (χ1v) is 8.71. The highest BCUT2D eigenvalue weighted by molar-refractivity contribution is 14.1. The molecule has 0 bridgehead atoms. The van der Waals surface area contributed by atoms with Crippen LogP contribution in [0.3, 0.4) is 0 Å². The molecule has 0 aliphatic carbocycles. The van der Waals surface area contributed by atoms with Crippen molar-refractivity contribution in [2.24, 2.45) is 0 Å². The zero-order valence-electron chi connectivity index (χ0n) is 12.0. The Morgan fingerprint density at radius 1 is 1.24 bits per heavy atom. The maximum Gasteiger partial charge on any atom is 0.252 e. The molecule has 4 heteroatoms. The minimum absolute atomic E-state index is 0.0159. The number of aryl methyl sites for hydroxylation is 1. The lowest BCUT2D eigenvalue weighted by molar-refractivity contribution is 0.0934. The van der Waals surface area contributed by atoms with Gasteiger partial charge in [0.1, 0.15) is 0 Å². The van der Waals surface area contributed by atoms with Gasteiger partial charge in [-0.2, -0.15) is 0 Å². The summed E-state index contributed by atoms with van der Waals surface area (Å²) in [5.41, 5.74) is 2.99. The zero-order valence-corrected chi connectivity index (χ0v) is 15.7. The zero-order chi connectivity index (χ0) is 15.4. The van der Waals surface area contributed by atoms with Crippen LogP contribution in [-0.4, -0.2) is 5.91 Å². The molecule has 0 fully saturated rings. The minimum atomic E-state index is -0.0159. The Labute approximate surface area is 147 Å². The lowest BCUT2D eigenvalue weighted by Gasteiger charge is -2.18. The summed E-state index contributed by atoms with van der Waals surface area (Å²) in [5, 5.41) is 3.13. The van der Waals surface area contributed by atoms with Crippen molar-refractivity contribution in [2.75, 3.05) is 0 Å². The number of hydrogen-bond acceptors (Lipinski definition) is 1. The molecule has 0 aromatic heterocycles. The molecule has 2 aromatic carbocycles. The van der Waals surface area contributed by atoms with Crippen molar-refractivity contribution in [1.29, 1.82) is 0 Å². The molecule has 1 N–H and O–H groups in total. The summed E-state index contributed by atoms with van der Waals surface area (Å²) in [4.78, 5) is 12.5. The Morgan fingerprint density at radius 3 is 2.52 bits per heavy atom. The summed E-state index contributed by atoms with van der Waals surface area (Å²) < 4.78 is 2.05. The Bertz CT molecular complexity index is 640. The second-order valence-electron chi connectivity index (χ2n) is 4.92. The van der Waals surface area contributed by atoms with Crippen LogP contribution in [0.4, 0.5) is 0 Å². The number of hydrogen-bond donors (Lipinski definition) is 1. The van der Waals surface area contributed by atoms with Gasteiger partial charge in [-0.1, -0.05) is 47.1 Å². The third kappa shape index (κ3) is 4.07. The van der Waals surface area contributed by atoms with E-state index in [1.54, 1.807) is 0 Å². The largest absolute Gasteiger partial charge is 0.345 e. The van der Waals surface area contributed by atoms with Crippen molar-refractivity contribution in [1.82, 2.24) is 5.32 Å². The average Bonchev–Trinajstić information content (AvgIpc) is 2.48. The van der Waals surface area contributed by atoms with Crippen LogP contribution in [-0.2, 0) is 0 Å². The first-order chi connectivity index (χ1) is 10.0. The number of carbonyl (C=O) groups is 1. The molecule has 1 amide bonds. The molecule has 0 heterocycles. The molecule has 110 valence electrons. The number of halogens is 2. The summed E-state index contributed by atoms with van der Waals surface area (Å²) in [6, 6.07) is 13.9. The molecule has 2 nitrogen and oxygen atoms in total. The topological polar surface area (TPSA) is 29.1 Å². The molecule has 0 aliphatic rings. The van der Waals surface area contributed by atoms with Crippen LogP contribution in [0.5, 0.6) is 0 Å². The fourth-order valence-corrected chi connectivity index (χ4v) is 3.04. The molecule has 1 atom stereocenters. The molecule has 2 aromatic rings. The van der Waals surface area contributed by atoms with Gasteiger partial charge in [0, 0.05) is 8.04 Å². The van der Waals surface area contributed by atoms with Crippen LogP contribution < -0.4 is 5.32 Å². The van der Waals surface area contributed by atoms with Gasteiger partial charge < -0.3 is 5.32 Å². The Morgan fingerprint density at radius 2 is 1.90 bits per heavy atom. The van der Waals surface area contributed by atoms with Crippen LogP contribution in [0.2, 0.25) is 0 Å². The van der Waals surface area contributed by atoms with Gasteiger partial charge >= 0.3 is 0 Å². The van der Waals surface area contributed by atoms with E-state index in [0.717, 1.165) is 31.2 Å². The van der Waals surface area contributed by atoms with Gasteiger partial charge in [-0.15, -0.1) is 0 Å². The average molecular weight is 458 g/mol. The second-order valence-corrected chi connectivity index (χ2v) is 6.92. The predicted molar refractivity (Wildman–Crippen MR) is 98.5 cm³/mol. The van der Waals surface area contributed by atoms with Gasteiger partial charge in [-0.3, -0.25) is 4.79 Å². The van der Waals surface area contributed by atoms with E-state index in [2.05, 4.69) is 50.8 Å². The molecular weight excluding hydrogens is 441 g/mol. The molecule has 0 saturated heterocycles. The van der Waals surface area contributed by atoms with Crippen LogP contribution in [0.1, 0.15) is 40.9 Å². The smallest absolute Gasteiger partial charge is 0.252 e. The monoisotopic (exact) mass is 457 g/mol. The van der Waals surface area contributed by atoms with E-state index >= 15 is 0 Å². The number of rotatable bonds is 4. The number of amides is 1. The van der Waals surface area contributed by atoms with Crippen molar-refractivity contribution < 1.29 is 4.79 Å². The van der Waals surface area contributed by atoms with Crippen molar-refractivity contribution >= 4 is 44.4 Å². The predicted octanol–water partition coefficient (Wildman–Crippen LogP) is 5.24. The number of nitrogens with one attached hydrogen (secondary N) is 1. The highest BCUT2D eigenvalue weighted by Crippen LogP contribution is 2.22. The van der Waals surface area contributed by atoms with Crippen LogP contribution in [0.25, 0.3) is 0 Å². The highest BCUT2D eigenvalue weighted by atomic mass is 127. The third-order valence-electron chi connectivity index (χ3n) is 3.42. The number of benzene rings is 2. The first-order valence-electron chi connectivity index (χ1n) is 6.84. The first kappa shape index (κ1) is 16.5. The molecular formula is C17H17BrINO. The standard InChI is InChI=1S/C17H17BrINO/c1-3-15(12-7-9-13(18)10-8-12)20-17(21)14-6-4-5-11(2)16(14)19/h4-10,15H,3H2,1-2H3,(H,20,21). The van der Waals surface area contributed by atoms with Crippen molar-refractivity contribution in [3.05, 3.63) is 67.2 Å². The molecule has 1 unspecified atom stereocenters. The Hall–Kier alpha value is -0.880. The molecule has 0 saturated carbocycles. The summed E-state index contributed by atoms with van der Waals surface area (Å²) in [6.45, 7) is 4.10. The molecule has 0 aliphatic heterocycles. The van der Waals surface area contributed by atoms with Gasteiger partial charge in [-0.05, 0) is 65.3 Å². The minimum Gasteiger partial charge on any atom is -0.345 e. The van der Waals surface area contributed by atoms with E-state index in [4.69, 9.17) is 0 Å². The van der Waals surface area contributed by atoms with Crippen molar-refractivity contribution in [3.8, 4) is 0 Å². The van der Waals surface area contributed by atoms with E-state index in [1.807, 2.05) is 49.4 Å². The molecule has 21 heavy (non-hydrogen) atoms. The molecule has 2 rings (SSSR count). The summed E-state index contributed by atoms with van der Waals surface area (Å²) >= 11 is 5.66. The number of carbonyl (C=O) groups excluding carboxylic acids is 1. The van der Waals surface area contributed by atoms with Crippen LogP contribution >= 0.6 is 38.5 Å². The summed E-state index contributed by atoms with van der Waals surface area (Å²) in [6.07, 6.45) is 0.857. The fraction of sp³-hybridized carbons (Fsp3) is 0.235. The Balaban J connectivity index is 2.20. The van der Waals surface area contributed by atoms with Crippen LogP contribution in [0.15, 0.2) is 46.9 Å². The highest BCUT2D eigenvalue weighted by Gasteiger charge is 2.16. The van der Waals surface area contributed by atoms with E-state index in [1.165, 1.54) is 0 Å². The second kappa shape index (κ2) is 7.40. The van der Waals surface area contributed by atoms with Crippen LogP contribution in [0, 0.1) is 10.5 Å². The van der Waals surface area contributed by atoms with Gasteiger partial charge in [0.2, 0.25) is 0 Å². The lowest BCUT2D eigenvalue weighted by atomic mass is 10.0. The normalized spacial score (nSPS) is 12.0. The maximum absolute atomic E-state index is 12.5. The van der Waals surface area contributed by atoms with Gasteiger partial charge in [-0.25, -0.2) is 0 Å². The van der Waals surface area contributed by atoms with E-state index in [9.17, 15) is 4.79 Å². The van der Waals surface area contributed by atoms with Gasteiger partial charge in [0.05, 0.1) is 11.6 Å². The van der Waals surface area contributed by atoms with Crippen molar-refractivity contribution in [3.63, 3.8) is 0 Å². The van der Waals surface area contributed by atoms with Crippen molar-refractivity contribution in [2.45, 2.75) is 26.3 Å². The lowest BCUT2D eigenvalue weighted by Crippen LogP contribution is -2.28.